The summed E-state index contributed by atoms with van der Waals surface area (Å²) in [5, 5.41) is 5.44. The molecular weight excluding hydrogens is 443 g/mol. The summed E-state index contributed by atoms with van der Waals surface area (Å²) in [6.07, 6.45) is 0. The minimum Gasteiger partial charge on any atom is -0.308 e. The molecule has 0 aliphatic rings. The van der Waals surface area contributed by atoms with Gasteiger partial charge in [0.1, 0.15) is 5.69 Å². The summed E-state index contributed by atoms with van der Waals surface area (Å²) < 4.78 is 4.16. The molecule has 0 saturated carbocycles. The van der Waals surface area contributed by atoms with Crippen molar-refractivity contribution in [2.45, 2.75) is 11.4 Å². The molecule has 0 aliphatic carbocycles. The maximum absolute atomic E-state index is 12.8. The smallest absolute Gasteiger partial charge is 0.308 e. The van der Waals surface area contributed by atoms with E-state index in [-0.39, 0.29) is 11.2 Å². The number of hydrogen-bond acceptors (Lipinski definition) is 2. The van der Waals surface area contributed by atoms with Gasteiger partial charge in [0.25, 0.3) is 5.56 Å². The number of aromatic nitrogens is 2. The highest BCUT2D eigenvalue weighted by Crippen LogP contribution is 2.15. The Labute approximate surface area is 165 Å². The molecule has 0 spiro atoms. The van der Waals surface area contributed by atoms with E-state index in [9.17, 15) is 9.59 Å². The zero-order valence-electron chi connectivity index (χ0n) is 14.5. The number of carbonyl (C=O) groups is 1. The Hall–Kier alpha value is -2.55. The molecule has 6 nitrogen and oxygen atoms in total. The van der Waals surface area contributed by atoms with Gasteiger partial charge in [-0.1, -0.05) is 52.9 Å². The van der Waals surface area contributed by atoms with E-state index in [0.717, 1.165) is 10.1 Å². The summed E-state index contributed by atoms with van der Waals surface area (Å²) in [4.78, 5) is 25.1. The number of para-hydroxylation sites is 1. The van der Waals surface area contributed by atoms with Gasteiger partial charge in [-0.2, -0.15) is 0 Å². The molecule has 0 atom stereocenters. The Morgan fingerprint density at radius 3 is 2.31 bits per heavy atom. The lowest BCUT2D eigenvalue weighted by Gasteiger charge is -2.07. The van der Waals surface area contributed by atoms with Crippen LogP contribution in [0.25, 0.3) is 5.69 Å². The number of urea groups is 1. The molecule has 0 fully saturated rings. The number of hydrogen-bond donors (Lipinski definition) is 2. The first kappa shape index (κ1) is 18.2. The number of nitrogens with one attached hydrogen (secondary N) is 2. The van der Waals surface area contributed by atoms with Crippen LogP contribution in [0.15, 0.2) is 59.4 Å². The number of halogens is 1. The van der Waals surface area contributed by atoms with Gasteiger partial charge in [0.2, 0.25) is 0 Å². The standard InChI is InChI=1S/C19H19IN4O2/c1-13-17(18(25)24(23(13)2)16-6-4-3-5-7-16)22-19(26)21-15-10-8-14(12-20)9-11-15/h3-11H,12H2,1-2H3,(H2,21,22,26). The Balaban J connectivity index is 1.83. The van der Waals surface area contributed by atoms with Gasteiger partial charge in [0.05, 0.1) is 11.4 Å². The molecule has 0 aliphatic heterocycles. The number of benzene rings is 2. The second-order valence-corrected chi connectivity index (χ2v) is 6.61. The van der Waals surface area contributed by atoms with Gasteiger partial charge in [0, 0.05) is 17.2 Å². The van der Waals surface area contributed by atoms with Gasteiger partial charge >= 0.3 is 6.03 Å². The lowest BCUT2D eigenvalue weighted by Crippen LogP contribution is -2.25. The molecule has 7 heteroatoms. The second-order valence-electron chi connectivity index (χ2n) is 5.85. The molecule has 1 aromatic heterocycles. The van der Waals surface area contributed by atoms with E-state index in [1.807, 2.05) is 54.6 Å². The summed E-state index contributed by atoms with van der Waals surface area (Å²) in [7, 11) is 1.79. The highest BCUT2D eigenvalue weighted by Gasteiger charge is 2.18. The number of anilines is 2. The van der Waals surface area contributed by atoms with E-state index in [2.05, 4.69) is 33.2 Å². The maximum atomic E-state index is 12.8. The molecule has 26 heavy (non-hydrogen) atoms. The molecule has 0 saturated heterocycles. The molecule has 2 aromatic carbocycles. The van der Waals surface area contributed by atoms with Crippen LogP contribution >= 0.6 is 22.6 Å². The van der Waals surface area contributed by atoms with E-state index in [1.165, 1.54) is 10.2 Å². The monoisotopic (exact) mass is 462 g/mol. The molecule has 2 amide bonds. The number of amides is 2. The van der Waals surface area contributed by atoms with Gasteiger partial charge in [-0.05, 0) is 36.8 Å². The van der Waals surface area contributed by atoms with Crippen LogP contribution < -0.4 is 16.2 Å². The van der Waals surface area contributed by atoms with Crippen molar-refractivity contribution in [2.75, 3.05) is 10.6 Å². The Bertz CT molecular complexity index is 975. The van der Waals surface area contributed by atoms with Crippen molar-refractivity contribution in [3.63, 3.8) is 0 Å². The largest absolute Gasteiger partial charge is 0.323 e. The van der Waals surface area contributed by atoms with Crippen LogP contribution in [0.4, 0.5) is 16.2 Å². The summed E-state index contributed by atoms with van der Waals surface area (Å²) >= 11 is 2.28. The lowest BCUT2D eigenvalue weighted by molar-refractivity contribution is 0.262. The molecule has 134 valence electrons. The van der Waals surface area contributed by atoms with E-state index in [4.69, 9.17) is 0 Å². The fourth-order valence-corrected chi connectivity index (χ4v) is 3.17. The summed E-state index contributed by atoms with van der Waals surface area (Å²) in [6.45, 7) is 1.80. The zero-order chi connectivity index (χ0) is 18.7. The Morgan fingerprint density at radius 2 is 1.69 bits per heavy atom. The minimum atomic E-state index is -0.446. The van der Waals surface area contributed by atoms with Crippen LogP contribution in [0.1, 0.15) is 11.3 Å². The quantitative estimate of drug-likeness (QED) is 0.454. The van der Waals surface area contributed by atoms with E-state index in [1.54, 1.807) is 18.7 Å². The third-order valence-corrected chi connectivity index (χ3v) is 5.04. The number of rotatable bonds is 4. The summed E-state index contributed by atoms with van der Waals surface area (Å²) in [5.74, 6) is 0. The number of nitrogens with zero attached hydrogens (tertiary/aromatic N) is 2. The average Bonchev–Trinajstić information content (AvgIpc) is 2.86. The van der Waals surface area contributed by atoms with Gasteiger partial charge in [-0.3, -0.25) is 9.48 Å². The molecular formula is C19H19IN4O2. The Kier molecular flexibility index (Phi) is 5.46. The molecule has 1 heterocycles. The molecule has 3 rings (SSSR count). The summed E-state index contributed by atoms with van der Waals surface area (Å²) in [6, 6.07) is 16.5. The van der Waals surface area contributed by atoms with E-state index < -0.39 is 6.03 Å². The third kappa shape index (κ3) is 3.67. The zero-order valence-corrected chi connectivity index (χ0v) is 16.6. The minimum absolute atomic E-state index is 0.262. The highest BCUT2D eigenvalue weighted by molar-refractivity contribution is 14.1. The van der Waals surface area contributed by atoms with Crippen LogP contribution in [-0.2, 0) is 11.5 Å². The summed E-state index contributed by atoms with van der Waals surface area (Å²) in [5.41, 5.74) is 3.26. The predicted octanol–water partition coefficient (Wildman–Crippen LogP) is 4.06. The van der Waals surface area contributed by atoms with Crippen molar-refractivity contribution in [3.05, 3.63) is 76.2 Å². The molecule has 0 unspecified atom stereocenters. The van der Waals surface area contributed by atoms with Crippen LogP contribution in [0.5, 0.6) is 0 Å². The fourth-order valence-electron chi connectivity index (χ4n) is 2.67. The molecule has 3 aromatic rings. The highest BCUT2D eigenvalue weighted by atomic mass is 127. The average molecular weight is 462 g/mol. The lowest BCUT2D eigenvalue weighted by atomic mass is 10.2. The van der Waals surface area contributed by atoms with Crippen molar-refractivity contribution in [3.8, 4) is 5.69 Å². The first-order chi connectivity index (χ1) is 12.5. The molecule has 0 bridgehead atoms. The van der Waals surface area contributed by atoms with Crippen molar-refractivity contribution >= 4 is 40.0 Å². The maximum Gasteiger partial charge on any atom is 0.323 e. The van der Waals surface area contributed by atoms with Crippen molar-refractivity contribution in [1.82, 2.24) is 9.36 Å². The normalized spacial score (nSPS) is 10.6. The molecule has 2 N–H and O–H groups in total. The third-order valence-electron chi connectivity index (χ3n) is 4.16. The van der Waals surface area contributed by atoms with E-state index >= 15 is 0 Å². The van der Waals surface area contributed by atoms with Crippen LogP contribution in [-0.4, -0.2) is 15.4 Å². The number of carbonyl (C=O) groups excluding carboxylic acids is 1. The van der Waals surface area contributed by atoms with E-state index in [0.29, 0.717) is 11.4 Å². The molecule has 0 radical (unpaired) electrons. The number of alkyl halides is 1. The van der Waals surface area contributed by atoms with Crippen LogP contribution in [0.2, 0.25) is 0 Å². The first-order valence-electron chi connectivity index (χ1n) is 8.08. The van der Waals surface area contributed by atoms with Gasteiger partial charge in [0.15, 0.2) is 0 Å². The van der Waals surface area contributed by atoms with Crippen LogP contribution in [0, 0.1) is 6.92 Å². The first-order valence-corrected chi connectivity index (χ1v) is 9.60. The Morgan fingerprint density at radius 1 is 1.04 bits per heavy atom. The predicted molar refractivity (Wildman–Crippen MR) is 113 cm³/mol. The SMILES string of the molecule is Cc1c(NC(=O)Nc2ccc(CI)cc2)c(=O)n(-c2ccccc2)n1C. The topological polar surface area (TPSA) is 68.1 Å². The fraction of sp³-hybridized carbons (Fsp3) is 0.158. The van der Waals surface area contributed by atoms with Gasteiger partial charge in [-0.25, -0.2) is 9.48 Å². The van der Waals surface area contributed by atoms with Crippen molar-refractivity contribution in [1.29, 1.82) is 0 Å². The van der Waals surface area contributed by atoms with Crippen molar-refractivity contribution in [2.24, 2.45) is 7.05 Å². The second kappa shape index (κ2) is 7.77. The van der Waals surface area contributed by atoms with Crippen LogP contribution in [0.3, 0.4) is 0 Å². The van der Waals surface area contributed by atoms with Gasteiger partial charge < -0.3 is 10.6 Å². The van der Waals surface area contributed by atoms with Gasteiger partial charge in [-0.15, -0.1) is 0 Å². The van der Waals surface area contributed by atoms with Crippen molar-refractivity contribution < 1.29 is 4.79 Å².